The number of nitrogens with two attached hydrogens (primary N) is 1. The van der Waals surface area contributed by atoms with Gasteiger partial charge in [0, 0.05) is 47.9 Å². The van der Waals surface area contributed by atoms with Crippen LogP contribution in [0.25, 0.3) is 27.7 Å². The van der Waals surface area contributed by atoms with Crippen LogP contribution in [0.15, 0.2) is 36.8 Å². The third kappa shape index (κ3) is 3.69. The van der Waals surface area contributed by atoms with Crippen LogP contribution in [-0.2, 0) is 4.74 Å². The number of hydrogen-bond donors (Lipinski definition) is 2. The average Bonchev–Trinajstić information content (AvgIpc) is 3.50. The fourth-order valence-corrected chi connectivity index (χ4v) is 5.36. The van der Waals surface area contributed by atoms with E-state index in [2.05, 4.69) is 51.5 Å². The molecule has 0 unspecified atom stereocenters. The van der Waals surface area contributed by atoms with Gasteiger partial charge in [0.05, 0.1) is 30.1 Å². The number of aryl methyl sites for hydroxylation is 1. The van der Waals surface area contributed by atoms with Gasteiger partial charge < -0.3 is 15.4 Å². The van der Waals surface area contributed by atoms with Crippen molar-refractivity contribution in [3.05, 3.63) is 42.5 Å². The summed E-state index contributed by atoms with van der Waals surface area (Å²) in [7, 11) is 0. The Bertz CT molecular complexity index is 1280. The largest absolute Gasteiger partial charge is 0.376 e. The maximum Gasteiger partial charge on any atom is 0.211 e. The molecule has 4 aromatic rings. The van der Waals surface area contributed by atoms with E-state index in [1.165, 1.54) is 0 Å². The molecule has 2 fully saturated rings. The molecule has 0 bridgehead atoms. The molecule has 3 N–H and O–H groups in total. The number of fused-ring (bicyclic) bond motifs is 2. The smallest absolute Gasteiger partial charge is 0.211 e. The molecule has 8 nitrogen and oxygen atoms in total. The highest BCUT2D eigenvalue weighted by Crippen LogP contribution is 2.42. The van der Waals surface area contributed by atoms with Crippen molar-refractivity contribution in [2.24, 2.45) is 11.1 Å². The van der Waals surface area contributed by atoms with E-state index in [9.17, 15) is 0 Å². The highest BCUT2D eigenvalue weighted by Gasteiger charge is 2.47. The molecule has 33 heavy (non-hydrogen) atoms. The average molecular weight is 486 g/mol. The molecule has 176 valence electrons. The minimum absolute atomic E-state index is 0. The normalized spacial score (nSPS) is 22.0. The van der Waals surface area contributed by atoms with E-state index in [0.717, 1.165) is 71.9 Å². The Hall–Kier alpha value is -2.27. The first kappa shape index (κ1) is 23.9. The summed E-state index contributed by atoms with van der Waals surface area (Å²) >= 11 is 0. The van der Waals surface area contributed by atoms with Crippen LogP contribution in [-0.4, -0.2) is 56.4 Å². The summed E-state index contributed by atoms with van der Waals surface area (Å²) in [6, 6.07) is 6.41. The number of nitrogens with one attached hydrogen (secondary N) is 1. The number of H-pyrrole nitrogens is 1. The zero-order valence-electron chi connectivity index (χ0n) is 18.9. The van der Waals surface area contributed by atoms with Crippen molar-refractivity contribution in [1.82, 2.24) is 24.6 Å². The van der Waals surface area contributed by atoms with Crippen LogP contribution in [0.5, 0.6) is 0 Å². The van der Waals surface area contributed by atoms with Crippen LogP contribution < -0.4 is 10.6 Å². The van der Waals surface area contributed by atoms with Gasteiger partial charge in [-0.25, -0.2) is 9.97 Å². The summed E-state index contributed by atoms with van der Waals surface area (Å²) in [5.74, 6) is 0.952. The molecule has 10 heteroatoms. The zero-order valence-corrected chi connectivity index (χ0v) is 20.9. The van der Waals surface area contributed by atoms with Gasteiger partial charge in [-0.15, -0.1) is 0 Å². The van der Waals surface area contributed by atoms with Gasteiger partial charge in [0.1, 0.15) is 5.65 Å². The topological polar surface area (TPSA) is 97.4 Å². The number of hydrogen-bond acceptors (Lipinski definition) is 6. The third-order valence-corrected chi connectivity index (χ3v) is 7.33. The van der Waals surface area contributed by atoms with Crippen LogP contribution in [0, 0.1) is 12.3 Å². The van der Waals surface area contributed by atoms with E-state index in [0.29, 0.717) is 0 Å². The second-order valence-electron chi connectivity index (χ2n) is 9.06. The highest BCUT2D eigenvalue weighted by molar-refractivity contribution is 7.59. The predicted octanol–water partition coefficient (Wildman–Crippen LogP) is 3.14. The van der Waals surface area contributed by atoms with Crippen molar-refractivity contribution in [2.75, 3.05) is 24.6 Å². The Labute approximate surface area is 206 Å². The second kappa shape index (κ2) is 8.83. The lowest BCUT2D eigenvalue weighted by Gasteiger charge is -2.41. The highest BCUT2D eigenvalue weighted by atomic mass is 32.1. The molecule has 6 rings (SSSR count). The maximum absolute atomic E-state index is 6.51. The number of aromatic nitrogens is 5. The molecule has 0 saturated carbocycles. The summed E-state index contributed by atoms with van der Waals surface area (Å²) in [6.07, 6.45) is 7.89. The van der Waals surface area contributed by atoms with E-state index in [-0.39, 0.29) is 44.6 Å². The number of ether oxygens (including phenoxy) is 1. The molecule has 0 amide bonds. The first-order chi connectivity index (χ1) is 15.1. The fraction of sp³-hybridized carbons (Fsp3) is 0.435. The van der Waals surface area contributed by atoms with Gasteiger partial charge in [0.15, 0.2) is 0 Å². The number of aromatic amines is 1. The van der Waals surface area contributed by atoms with Crippen LogP contribution in [0.2, 0.25) is 0 Å². The van der Waals surface area contributed by atoms with Gasteiger partial charge in [-0.2, -0.15) is 32.1 Å². The molecule has 3 aromatic heterocycles. The van der Waals surface area contributed by atoms with Crippen molar-refractivity contribution in [3.8, 4) is 11.1 Å². The van der Waals surface area contributed by atoms with Crippen LogP contribution in [0.4, 0.5) is 5.95 Å². The monoisotopic (exact) mass is 485 g/mol. The molecular weight excluding hydrogens is 454 g/mol. The van der Waals surface area contributed by atoms with Crippen molar-refractivity contribution in [2.45, 2.75) is 38.8 Å². The summed E-state index contributed by atoms with van der Waals surface area (Å²) in [5.41, 5.74) is 11.7. The maximum atomic E-state index is 6.51. The van der Waals surface area contributed by atoms with E-state index in [1.807, 2.05) is 18.6 Å². The molecule has 1 aromatic carbocycles. The SMILES string of the molecule is Cc1nc(N2CCC3(CC2)CO[C@@H](C)[C@H]3N)n2ccnc2c1-c1ccc2[nH]ncc2c1.S.S. The minimum atomic E-state index is 0. The number of anilines is 1. The second-order valence-corrected chi connectivity index (χ2v) is 9.06. The van der Waals surface area contributed by atoms with E-state index in [1.54, 1.807) is 0 Å². The molecule has 2 atom stereocenters. The number of piperidine rings is 1. The van der Waals surface area contributed by atoms with Gasteiger partial charge in [0.25, 0.3) is 0 Å². The molecule has 0 aliphatic carbocycles. The number of imidazole rings is 1. The first-order valence-electron chi connectivity index (χ1n) is 11.0. The van der Waals surface area contributed by atoms with Gasteiger partial charge in [0.2, 0.25) is 5.95 Å². The Morgan fingerprint density at radius 2 is 2.00 bits per heavy atom. The molecule has 5 heterocycles. The lowest BCUT2D eigenvalue weighted by molar-refractivity contribution is 0.0973. The van der Waals surface area contributed by atoms with Crippen molar-refractivity contribution in [3.63, 3.8) is 0 Å². The molecule has 2 aliphatic rings. The first-order valence-corrected chi connectivity index (χ1v) is 11.0. The summed E-state index contributed by atoms with van der Waals surface area (Å²) in [5, 5.41) is 8.23. The molecule has 1 spiro atoms. The fourth-order valence-electron chi connectivity index (χ4n) is 5.36. The lowest BCUT2D eigenvalue weighted by atomic mass is 9.73. The van der Waals surface area contributed by atoms with Crippen molar-refractivity contribution in [1.29, 1.82) is 0 Å². The summed E-state index contributed by atoms with van der Waals surface area (Å²) in [4.78, 5) is 12.1. The van der Waals surface area contributed by atoms with E-state index in [4.69, 9.17) is 20.4 Å². The number of nitrogens with zero attached hydrogens (tertiary/aromatic N) is 5. The zero-order chi connectivity index (χ0) is 21.2. The molecule has 2 saturated heterocycles. The molecule has 2 aliphatic heterocycles. The molecular formula is C23H31N7OS2. The summed E-state index contributed by atoms with van der Waals surface area (Å²) in [6.45, 7) is 6.77. The Balaban J connectivity index is 0.00000130. The lowest BCUT2D eigenvalue weighted by Crippen LogP contribution is -2.51. The van der Waals surface area contributed by atoms with Gasteiger partial charge in [-0.3, -0.25) is 9.50 Å². The standard InChI is InChI=1S/C23H27N7O.2H2S/c1-14-19(16-3-4-18-17(11-16)12-26-28-18)21-25-7-10-30(21)22(27-14)29-8-5-23(6-9-29)13-31-15(2)20(23)24;;/h3-4,7,10-12,15,20H,5-6,8-9,13,24H2,1-2H3,(H,26,28);2*1H2/t15-,20+;;/m0../s1. The minimum Gasteiger partial charge on any atom is -0.376 e. The Morgan fingerprint density at radius 1 is 1.21 bits per heavy atom. The van der Waals surface area contributed by atoms with E-state index >= 15 is 0 Å². The number of rotatable bonds is 2. The Morgan fingerprint density at radius 3 is 2.73 bits per heavy atom. The number of benzene rings is 1. The quantitative estimate of drug-likeness (QED) is 0.453. The molecule has 0 radical (unpaired) electrons. The van der Waals surface area contributed by atoms with Crippen LogP contribution in [0.3, 0.4) is 0 Å². The van der Waals surface area contributed by atoms with Crippen molar-refractivity contribution >= 4 is 49.5 Å². The van der Waals surface area contributed by atoms with Crippen LogP contribution >= 0.6 is 27.0 Å². The van der Waals surface area contributed by atoms with E-state index < -0.39 is 0 Å². The van der Waals surface area contributed by atoms with Gasteiger partial charge >= 0.3 is 0 Å². The Kier molecular flexibility index (Phi) is 6.38. The van der Waals surface area contributed by atoms with Gasteiger partial charge in [-0.1, -0.05) is 6.07 Å². The van der Waals surface area contributed by atoms with Crippen molar-refractivity contribution < 1.29 is 4.74 Å². The van der Waals surface area contributed by atoms with Gasteiger partial charge in [-0.05, 0) is 44.4 Å². The third-order valence-electron chi connectivity index (χ3n) is 7.33. The predicted molar refractivity (Wildman–Crippen MR) is 141 cm³/mol. The summed E-state index contributed by atoms with van der Waals surface area (Å²) < 4.78 is 8.00. The van der Waals surface area contributed by atoms with Crippen LogP contribution in [0.1, 0.15) is 25.5 Å².